The standard InChI is InChI=1S/C22H27F2N7O4S/c1-34-16-5-3-4-15-17(16)25-20(18(23)24)31(15)22-27-19(14-6-8-30(9-7-14)36(2,32)33)26-21(28-22)29-10-12-35-13-11-29/h3-5,14,18H,6-13H2,1-2H3. The lowest BCUT2D eigenvalue weighted by atomic mass is 9.97. The van der Waals surface area contributed by atoms with Crippen molar-refractivity contribution in [3.8, 4) is 11.7 Å². The highest BCUT2D eigenvalue weighted by Gasteiger charge is 2.30. The molecule has 194 valence electrons. The molecule has 0 radical (unpaired) electrons. The van der Waals surface area contributed by atoms with Crippen LogP contribution < -0.4 is 9.64 Å². The van der Waals surface area contributed by atoms with E-state index in [-0.39, 0.29) is 17.4 Å². The number of hydrogen-bond donors (Lipinski definition) is 0. The van der Waals surface area contributed by atoms with Gasteiger partial charge in [0.25, 0.3) is 6.43 Å². The predicted octanol–water partition coefficient (Wildman–Crippen LogP) is 2.13. The van der Waals surface area contributed by atoms with Crippen molar-refractivity contribution in [3.63, 3.8) is 0 Å². The summed E-state index contributed by atoms with van der Waals surface area (Å²) in [6, 6.07) is 5.02. The van der Waals surface area contributed by atoms with Crippen LogP contribution in [0.4, 0.5) is 14.7 Å². The third kappa shape index (κ3) is 4.72. The monoisotopic (exact) mass is 523 g/mol. The fourth-order valence-corrected chi connectivity index (χ4v) is 5.49. The molecular formula is C22H27F2N7O4S. The molecule has 0 saturated carbocycles. The number of hydrogen-bond acceptors (Lipinski definition) is 9. The minimum Gasteiger partial charge on any atom is -0.494 e. The van der Waals surface area contributed by atoms with Crippen LogP contribution in [0.15, 0.2) is 18.2 Å². The first-order chi connectivity index (χ1) is 17.3. The lowest BCUT2D eigenvalue weighted by molar-refractivity contribution is 0.122. The summed E-state index contributed by atoms with van der Waals surface area (Å²) in [5.74, 6) is 0.575. The van der Waals surface area contributed by atoms with E-state index in [1.165, 1.54) is 22.2 Å². The van der Waals surface area contributed by atoms with Gasteiger partial charge in [-0.25, -0.2) is 26.5 Å². The van der Waals surface area contributed by atoms with Gasteiger partial charge in [0.05, 0.1) is 32.1 Å². The fourth-order valence-electron chi connectivity index (χ4n) is 4.62. The van der Waals surface area contributed by atoms with Gasteiger partial charge in [0.2, 0.25) is 21.9 Å². The number of ether oxygens (including phenoxy) is 2. The van der Waals surface area contributed by atoms with Crippen LogP contribution in [-0.2, 0) is 14.8 Å². The number of sulfonamides is 1. The summed E-state index contributed by atoms with van der Waals surface area (Å²) in [5, 5.41) is 0. The summed E-state index contributed by atoms with van der Waals surface area (Å²) in [5.41, 5.74) is 0.674. The van der Waals surface area contributed by atoms with E-state index in [0.29, 0.717) is 75.3 Å². The van der Waals surface area contributed by atoms with Gasteiger partial charge in [0.15, 0.2) is 5.82 Å². The number of fused-ring (bicyclic) bond motifs is 1. The number of rotatable bonds is 6. The Labute approximate surface area is 207 Å². The molecule has 0 spiro atoms. The maximum atomic E-state index is 14.2. The van der Waals surface area contributed by atoms with Crippen molar-refractivity contribution in [2.75, 3.05) is 57.7 Å². The molecule has 3 aromatic rings. The maximum absolute atomic E-state index is 14.2. The van der Waals surface area contributed by atoms with Crippen LogP contribution in [0.2, 0.25) is 0 Å². The molecule has 2 saturated heterocycles. The van der Waals surface area contributed by atoms with Crippen molar-refractivity contribution in [2.24, 2.45) is 0 Å². The Balaban J connectivity index is 1.63. The normalized spacial score (nSPS) is 18.3. The topological polar surface area (TPSA) is 116 Å². The summed E-state index contributed by atoms with van der Waals surface area (Å²) >= 11 is 0. The Hall–Kier alpha value is -2.97. The number of anilines is 1. The highest BCUT2D eigenvalue weighted by Crippen LogP contribution is 2.33. The van der Waals surface area contributed by atoms with Gasteiger partial charge in [-0.15, -0.1) is 0 Å². The number of benzene rings is 1. The molecule has 2 fully saturated rings. The fraction of sp³-hybridized carbons (Fsp3) is 0.545. The van der Waals surface area contributed by atoms with Gasteiger partial charge in [0, 0.05) is 32.1 Å². The number of piperidine rings is 1. The Morgan fingerprint density at radius 1 is 1.03 bits per heavy atom. The number of para-hydroxylation sites is 1. The molecule has 0 unspecified atom stereocenters. The second kappa shape index (κ2) is 9.82. The van der Waals surface area contributed by atoms with Crippen molar-refractivity contribution >= 4 is 27.0 Å². The average Bonchev–Trinajstić information content (AvgIpc) is 3.29. The third-order valence-corrected chi connectivity index (χ3v) is 7.80. The zero-order valence-electron chi connectivity index (χ0n) is 20.0. The first-order valence-electron chi connectivity index (χ1n) is 11.6. The van der Waals surface area contributed by atoms with Gasteiger partial charge in [-0.2, -0.15) is 15.0 Å². The molecule has 0 N–H and O–H groups in total. The van der Waals surface area contributed by atoms with Crippen LogP contribution in [-0.4, -0.2) is 90.0 Å². The van der Waals surface area contributed by atoms with E-state index in [9.17, 15) is 17.2 Å². The number of alkyl halides is 2. The molecule has 4 heterocycles. The third-order valence-electron chi connectivity index (χ3n) is 6.50. The highest BCUT2D eigenvalue weighted by molar-refractivity contribution is 7.88. The van der Waals surface area contributed by atoms with Crippen LogP contribution in [0.1, 0.15) is 36.8 Å². The number of aromatic nitrogens is 5. The second-order valence-corrected chi connectivity index (χ2v) is 10.7. The van der Waals surface area contributed by atoms with Gasteiger partial charge in [-0.05, 0) is 25.0 Å². The van der Waals surface area contributed by atoms with E-state index in [0.717, 1.165) is 0 Å². The molecule has 0 aliphatic carbocycles. The Bertz CT molecular complexity index is 1350. The summed E-state index contributed by atoms with van der Waals surface area (Å²) < 4.78 is 65.7. The van der Waals surface area contributed by atoms with Crippen LogP contribution in [0, 0.1) is 0 Å². The summed E-state index contributed by atoms with van der Waals surface area (Å²) in [6.07, 6.45) is -0.666. The minimum atomic E-state index is -3.30. The molecule has 0 amide bonds. The van der Waals surface area contributed by atoms with Crippen molar-refractivity contribution in [3.05, 3.63) is 29.8 Å². The van der Waals surface area contributed by atoms with E-state index < -0.39 is 22.3 Å². The van der Waals surface area contributed by atoms with E-state index in [1.54, 1.807) is 18.2 Å². The molecule has 0 atom stereocenters. The molecule has 0 bridgehead atoms. The van der Waals surface area contributed by atoms with Crippen molar-refractivity contribution < 1.29 is 26.7 Å². The molecule has 36 heavy (non-hydrogen) atoms. The van der Waals surface area contributed by atoms with E-state index in [1.807, 2.05) is 4.90 Å². The van der Waals surface area contributed by atoms with E-state index >= 15 is 0 Å². The zero-order valence-corrected chi connectivity index (χ0v) is 20.8. The Morgan fingerprint density at radius 3 is 2.36 bits per heavy atom. The second-order valence-electron chi connectivity index (χ2n) is 8.76. The summed E-state index contributed by atoms with van der Waals surface area (Å²) in [7, 11) is -1.84. The lowest BCUT2D eigenvalue weighted by Crippen LogP contribution is -2.39. The molecule has 11 nitrogen and oxygen atoms in total. The highest BCUT2D eigenvalue weighted by atomic mass is 32.2. The molecule has 2 aromatic heterocycles. The number of imidazole rings is 1. The van der Waals surface area contributed by atoms with E-state index in [4.69, 9.17) is 14.5 Å². The Morgan fingerprint density at radius 2 is 1.72 bits per heavy atom. The van der Waals surface area contributed by atoms with Crippen LogP contribution >= 0.6 is 0 Å². The summed E-state index contributed by atoms with van der Waals surface area (Å²) in [6.45, 7) is 2.77. The molecular weight excluding hydrogens is 496 g/mol. The molecule has 2 aliphatic heterocycles. The Kier molecular flexibility index (Phi) is 6.74. The largest absolute Gasteiger partial charge is 0.494 e. The number of halogens is 2. The van der Waals surface area contributed by atoms with Crippen molar-refractivity contribution in [1.82, 2.24) is 28.8 Å². The van der Waals surface area contributed by atoms with Gasteiger partial charge >= 0.3 is 0 Å². The quantitative estimate of drug-likeness (QED) is 0.479. The van der Waals surface area contributed by atoms with E-state index in [2.05, 4.69) is 15.0 Å². The summed E-state index contributed by atoms with van der Waals surface area (Å²) in [4.78, 5) is 20.0. The first-order valence-corrected chi connectivity index (χ1v) is 13.5. The number of methoxy groups -OCH3 is 1. The first kappa shape index (κ1) is 24.7. The van der Waals surface area contributed by atoms with Crippen molar-refractivity contribution in [2.45, 2.75) is 25.2 Å². The smallest absolute Gasteiger partial charge is 0.296 e. The molecule has 2 aliphatic rings. The molecule has 5 rings (SSSR count). The van der Waals surface area contributed by atoms with Crippen LogP contribution in [0.25, 0.3) is 17.0 Å². The number of morpholine rings is 1. The van der Waals surface area contributed by atoms with Gasteiger partial charge in [-0.3, -0.25) is 4.57 Å². The zero-order chi connectivity index (χ0) is 25.4. The van der Waals surface area contributed by atoms with Crippen LogP contribution in [0.5, 0.6) is 5.75 Å². The molecule has 1 aromatic carbocycles. The van der Waals surface area contributed by atoms with Gasteiger partial charge in [0.1, 0.15) is 17.1 Å². The van der Waals surface area contributed by atoms with Gasteiger partial charge in [-0.1, -0.05) is 6.07 Å². The number of nitrogens with zero attached hydrogens (tertiary/aromatic N) is 7. The SMILES string of the molecule is COc1cccc2c1nc(C(F)F)n2-c1nc(C2CCN(S(C)(=O)=O)CC2)nc(N2CCOCC2)n1. The maximum Gasteiger partial charge on any atom is 0.296 e. The average molecular weight is 524 g/mol. The van der Waals surface area contributed by atoms with Gasteiger partial charge < -0.3 is 14.4 Å². The van der Waals surface area contributed by atoms with Crippen LogP contribution in [0.3, 0.4) is 0 Å². The predicted molar refractivity (Wildman–Crippen MR) is 127 cm³/mol. The minimum absolute atomic E-state index is 0.0399. The molecule has 14 heteroatoms. The lowest BCUT2D eigenvalue weighted by Gasteiger charge is -2.31. The van der Waals surface area contributed by atoms with Crippen molar-refractivity contribution in [1.29, 1.82) is 0 Å².